The van der Waals surface area contributed by atoms with Crippen LogP contribution in [0.3, 0.4) is 0 Å². The molecule has 0 radical (unpaired) electrons. The minimum atomic E-state index is -0.626. The Balaban J connectivity index is 1.43. The predicted molar refractivity (Wildman–Crippen MR) is 134 cm³/mol. The van der Waals surface area contributed by atoms with Crippen LogP contribution in [0.4, 0.5) is 20.3 Å². The third kappa shape index (κ3) is 3.49. The number of anilines is 2. The Bertz CT molecular complexity index is 1510. The molecule has 9 heteroatoms. The SMILES string of the molecule is NC(=O)c1cnc(N2CCC[C@]3(CCCN(c4ccc(F)cc4)C3=O)C2)c2c1[nH]c1ccc(F)cc12. The average molecular weight is 490 g/mol. The Morgan fingerprint density at radius 2 is 1.75 bits per heavy atom. The molecule has 2 aliphatic rings. The molecule has 2 aromatic heterocycles. The van der Waals surface area contributed by atoms with Crippen molar-refractivity contribution in [3.05, 3.63) is 65.9 Å². The van der Waals surface area contributed by atoms with E-state index >= 15 is 0 Å². The van der Waals surface area contributed by atoms with Crippen molar-refractivity contribution in [3.63, 3.8) is 0 Å². The fraction of sp³-hybridized carbons (Fsp3) is 0.296. The molecule has 6 rings (SSSR count). The largest absolute Gasteiger partial charge is 0.365 e. The molecule has 7 nitrogen and oxygen atoms in total. The topological polar surface area (TPSA) is 95.3 Å². The van der Waals surface area contributed by atoms with Crippen molar-refractivity contribution < 1.29 is 18.4 Å². The molecular weight excluding hydrogens is 464 g/mol. The number of halogens is 2. The molecule has 3 N–H and O–H groups in total. The van der Waals surface area contributed by atoms with E-state index in [0.717, 1.165) is 25.7 Å². The fourth-order valence-corrected chi connectivity index (χ4v) is 5.91. The number of benzene rings is 2. The van der Waals surface area contributed by atoms with Gasteiger partial charge in [-0.15, -0.1) is 0 Å². The van der Waals surface area contributed by atoms with Crippen LogP contribution in [-0.4, -0.2) is 41.4 Å². The molecule has 36 heavy (non-hydrogen) atoms. The van der Waals surface area contributed by atoms with Gasteiger partial charge in [0.2, 0.25) is 5.91 Å². The predicted octanol–water partition coefficient (Wildman–Crippen LogP) is 4.51. The average Bonchev–Trinajstić information content (AvgIpc) is 3.24. The van der Waals surface area contributed by atoms with E-state index < -0.39 is 17.1 Å². The number of hydrogen-bond acceptors (Lipinski definition) is 4. The number of aromatic nitrogens is 2. The molecule has 4 aromatic rings. The van der Waals surface area contributed by atoms with Gasteiger partial charge < -0.3 is 20.5 Å². The highest BCUT2D eigenvalue weighted by Crippen LogP contribution is 2.44. The molecule has 2 aromatic carbocycles. The van der Waals surface area contributed by atoms with Gasteiger partial charge in [-0.05, 0) is 68.1 Å². The van der Waals surface area contributed by atoms with Gasteiger partial charge in [-0.3, -0.25) is 9.59 Å². The van der Waals surface area contributed by atoms with E-state index in [2.05, 4.69) is 14.9 Å². The first-order chi connectivity index (χ1) is 17.4. The summed E-state index contributed by atoms with van der Waals surface area (Å²) >= 11 is 0. The first-order valence-electron chi connectivity index (χ1n) is 12.1. The molecule has 0 bridgehead atoms. The second kappa shape index (κ2) is 8.29. The second-order valence-electron chi connectivity index (χ2n) is 9.77. The molecular formula is C27H25F2N5O2. The summed E-state index contributed by atoms with van der Waals surface area (Å²) in [5.41, 5.74) is 7.10. The minimum absolute atomic E-state index is 0.0278. The highest BCUT2D eigenvalue weighted by molar-refractivity contribution is 6.18. The summed E-state index contributed by atoms with van der Waals surface area (Å²) in [5.74, 6) is -0.742. The van der Waals surface area contributed by atoms with E-state index in [1.807, 2.05) is 0 Å². The van der Waals surface area contributed by atoms with Crippen LogP contribution < -0.4 is 15.5 Å². The van der Waals surface area contributed by atoms with Gasteiger partial charge in [-0.2, -0.15) is 0 Å². The standard InChI is InChI=1S/C27H25F2N5O2/c28-16-3-6-18(7-4-16)34-12-2-10-27(26(34)36)9-1-11-33(15-27)25-22-19-13-17(29)5-8-21(19)32-23(22)20(14-31-25)24(30)35/h3-8,13-14,32H,1-2,9-12,15H2,(H2,30,35)/t27-/m0/s1. The van der Waals surface area contributed by atoms with Crippen LogP contribution in [0.1, 0.15) is 36.0 Å². The lowest BCUT2D eigenvalue weighted by Crippen LogP contribution is -2.56. The number of fused-ring (bicyclic) bond motifs is 3. The number of piperidine rings is 2. The van der Waals surface area contributed by atoms with Crippen molar-refractivity contribution in [3.8, 4) is 0 Å². The molecule has 0 saturated carbocycles. The molecule has 4 heterocycles. The second-order valence-corrected chi connectivity index (χ2v) is 9.77. The van der Waals surface area contributed by atoms with Crippen LogP contribution in [0.5, 0.6) is 0 Å². The van der Waals surface area contributed by atoms with Crippen molar-refractivity contribution in [2.75, 3.05) is 29.4 Å². The number of carbonyl (C=O) groups is 2. The Kier molecular flexibility index (Phi) is 5.17. The van der Waals surface area contributed by atoms with Crippen molar-refractivity contribution >= 4 is 45.1 Å². The maximum atomic E-state index is 14.2. The van der Waals surface area contributed by atoms with Crippen molar-refractivity contribution in [1.29, 1.82) is 0 Å². The van der Waals surface area contributed by atoms with Crippen molar-refractivity contribution in [2.24, 2.45) is 11.1 Å². The molecule has 2 saturated heterocycles. The van der Waals surface area contributed by atoms with Gasteiger partial charge >= 0.3 is 0 Å². The van der Waals surface area contributed by atoms with Crippen molar-refractivity contribution in [2.45, 2.75) is 25.7 Å². The van der Waals surface area contributed by atoms with Gasteiger partial charge in [0.1, 0.15) is 17.5 Å². The maximum Gasteiger partial charge on any atom is 0.252 e. The molecule has 2 amide bonds. The molecule has 0 aliphatic carbocycles. The monoisotopic (exact) mass is 489 g/mol. The first kappa shape index (κ1) is 22.5. The summed E-state index contributed by atoms with van der Waals surface area (Å²) in [6.45, 7) is 1.71. The van der Waals surface area contributed by atoms with Crippen LogP contribution in [0.15, 0.2) is 48.7 Å². The number of primary amides is 1. The zero-order chi connectivity index (χ0) is 25.0. The number of rotatable bonds is 3. The van der Waals surface area contributed by atoms with Crippen LogP contribution >= 0.6 is 0 Å². The Hall–Kier alpha value is -4.01. The van der Waals surface area contributed by atoms with Gasteiger partial charge in [0.05, 0.1) is 21.9 Å². The minimum Gasteiger partial charge on any atom is -0.365 e. The van der Waals surface area contributed by atoms with Gasteiger partial charge in [0.25, 0.3) is 5.91 Å². The number of H-pyrrole nitrogens is 1. The zero-order valence-electron chi connectivity index (χ0n) is 19.6. The van der Waals surface area contributed by atoms with Gasteiger partial charge in [0.15, 0.2) is 0 Å². The maximum absolute atomic E-state index is 14.2. The number of aromatic amines is 1. The van der Waals surface area contributed by atoms with E-state index in [1.165, 1.54) is 30.5 Å². The number of amides is 2. The first-order valence-corrected chi connectivity index (χ1v) is 12.1. The third-order valence-corrected chi connectivity index (χ3v) is 7.59. The van der Waals surface area contributed by atoms with Crippen LogP contribution in [0.2, 0.25) is 0 Å². The normalized spacial score (nSPS) is 20.6. The van der Waals surface area contributed by atoms with Gasteiger partial charge in [-0.25, -0.2) is 13.8 Å². The molecule has 0 unspecified atom stereocenters. The molecule has 2 fully saturated rings. The number of carbonyl (C=O) groups excluding carboxylic acids is 2. The summed E-state index contributed by atoms with van der Waals surface area (Å²) in [5, 5.41) is 1.23. The Morgan fingerprint density at radius 3 is 2.50 bits per heavy atom. The quantitative estimate of drug-likeness (QED) is 0.443. The number of nitrogens with one attached hydrogen (secondary N) is 1. The zero-order valence-corrected chi connectivity index (χ0v) is 19.6. The van der Waals surface area contributed by atoms with E-state index in [4.69, 9.17) is 5.73 Å². The highest BCUT2D eigenvalue weighted by Gasteiger charge is 2.47. The molecule has 1 atom stereocenters. The van der Waals surface area contributed by atoms with Gasteiger partial charge in [0, 0.05) is 42.4 Å². The van der Waals surface area contributed by atoms with Crippen LogP contribution in [-0.2, 0) is 4.79 Å². The lowest BCUT2D eigenvalue weighted by Gasteiger charge is -2.47. The summed E-state index contributed by atoms with van der Waals surface area (Å²) < 4.78 is 27.7. The lowest BCUT2D eigenvalue weighted by atomic mass is 9.72. The number of nitrogens with zero attached hydrogens (tertiary/aromatic N) is 3. The van der Waals surface area contributed by atoms with Crippen LogP contribution in [0, 0.1) is 17.0 Å². The smallest absolute Gasteiger partial charge is 0.252 e. The van der Waals surface area contributed by atoms with Gasteiger partial charge in [-0.1, -0.05) is 0 Å². The molecule has 184 valence electrons. The fourth-order valence-electron chi connectivity index (χ4n) is 5.91. The van der Waals surface area contributed by atoms with E-state index in [-0.39, 0.29) is 17.3 Å². The van der Waals surface area contributed by atoms with E-state index in [1.54, 1.807) is 23.1 Å². The van der Waals surface area contributed by atoms with E-state index in [9.17, 15) is 18.4 Å². The summed E-state index contributed by atoms with van der Waals surface area (Å²) in [6.07, 6.45) is 4.54. The third-order valence-electron chi connectivity index (χ3n) is 7.59. The van der Waals surface area contributed by atoms with Crippen molar-refractivity contribution in [1.82, 2.24) is 9.97 Å². The highest BCUT2D eigenvalue weighted by atomic mass is 19.1. The van der Waals surface area contributed by atoms with Crippen LogP contribution in [0.25, 0.3) is 21.8 Å². The number of nitrogens with two attached hydrogens (primary N) is 1. The summed E-state index contributed by atoms with van der Waals surface area (Å²) in [6, 6.07) is 10.4. The Labute approximate surface area is 205 Å². The Morgan fingerprint density at radius 1 is 1.03 bits per heavy atom. The number of pyridine rings is 1. The van der Waals surface area contributed by atoms with E-state index in [0.29, 0.717) is 52.9 Å². The lowest BCUT2D eigenvalue weighted by molar-refractivity contribution is -0.131. The summed E-state index contributed by atoms with van der Waals surface area (Å²) in [7, 11) is 0. The molecule has 1 spiro atoms. The summed E-state index contributed by atoms with van der Waals surface area (Å²) in [4.78, 5) is 37.6. The number of hydrogen-bond donors (Lipinski definition) is 2. The molecule has 2 aliphatic heterocycles.